The molecule has 104 valence electrons. The van der Waals surface area contributed by atoms with Crippen LogP contribution < -0.4 is 16.2 Å². The molecule has 0 atom stereocenters. The molecule has 0 heterocycles. The van der Waals surface area contributed by atoms with Crippen molar-refractivity contribution in [3.63, 3.8) is 0 Å². The maximum Gasteiger partial charge on any atom is 0.252 e. The van der Waals surface area contributed by atoms with Gasteiger partial charge in [-0.25, -0.2) is 4.39 Å². The Balaban J connectivity index is 2.23. The van der Waals surface area contributed by atoms with Crippen LogP contribution in [0.4, 0.5) is 10.1 Å². The van der Waals surface area contributed by atoms with Crippen molar-refractivity contribution in [3.8, 4) is 5.75 Å². The lowest BCUT2D eigenvalue weighted by Gasteiger charge is -2.11. The summed E-state index contributed by atoms with van der Waals surface area (Å²) in [4.78, 5) is 11.3. The topological polar surface area (TPSA) is 78.3 Å². The van der Waals surface area contributed by atoms with Gasteiger partial charge in [0.25, 0.3) is 5.91 Å². The van der Waals surface area contributed by atoms with Gasteiger partial charge in [-0.2, -0.15) is 0 Å². The summed E-state index contributed by atoms with van der Waals surface area (Å²) in [6.07, 6.45) is 0. The molecular weight excluding hydrogens is 327 g/mol. The molecule has 0 spiro atoms. The summed E-state index contributed by atoms with van der Waals surface area (Å²) in [6.45, 7) is 0.0997. The zero-order valence-electron chi connectivity index (χ0n) is 10.4. The average Bonchev–Trinajstić information content (AvgIpc) is 2.40. The molecule has 1 amide bonds. The second kappa shape index (κ2) is 5.92. The van der Waals surface area contributed by atoms with E-state index in [9.17, 15) is 9.18 Å². The second-order valence-electron chi connectivity index (χ2n) is 4.14. The van der Waals surface area contributed by atoms with Crippen LogP contribution in [0.1, 0.15) is 15.9 Å². The normalized spacial score (nSPS) is 10.3. The average molecular weight is 339 g/mol. The third-order valence-corrected chi connectivity index (χ3v) is 3.43. The number of nitrogens with two attached hydrogens (primary N) is 2. The van der Waals surface area contributed by atoms with Gasteiger partial charge in [-0.05, 0) is 36.4 Å². The summed E-state index contributed by atoms with van der Waals surface area (Å²) < 4.78 is 19.4. The number of carbonyl (C=O) groups excluding carboxylic acids is 1. The molecule has 2 rings (SSSR count). The number of hydrogen-bond donors (Lipinski definition) is 2. The van der Waals surface area contributed by atoms with Crippen molar-refractivity contribution in [2.24, 2.45) is 5.73 Å². The lowest BCUT2D eigenvalue weighted by Crippen LogP contribution is -2.13. The number of ether oxygens (including phenoxy) is 1. The Morgan fingerprint density at radius 1 is 1.25 bits per heavy atom. The first-order valence-corrected chi connectivity index (χ1v) is 6.52. The number of anilines is 1. The van der Waals surface area contributed by atoms with Gasteiger partial charge < -0.3 is 16.2 Å². The number of nitrogen functional groups attached to an aromatic ring is 1. The Labute approximate surface area is 123 Å². The first-order valence-electron chi connectivity index (χ1n) is 5.73. The lowest BCUT2D eigenvalue weighted by molar-refractivity contribution is 0.0996. The monoisotopic (exact) mass is 338 g/mol. The molecule has 0 radical (unpaired) electrons. The van der Waals surface area contributed by atoms with Gasteiger partial charge in [-0.1, -0.05) is 15.9 Å². The van der Waals surface area contributed by atoms with Crippen LogP contribution in [0, 0.1) is 5.82 Å². The molecule has 20 heavy (non-hydrogen) atoms. The molecule has 0 unspecified atom stereocenters. The molecule has 0 saturated heterocycles. The molecular formula is C14H12BrFN2O2. The standard InChI is InChI=1S/C14H12BrFN2O2/c15-12-3-1-9(16)5-8(12)7-20-13-4-2-10(17)6-11(13)14(18)19/h1-6H,7,17H2,(H2,18,19). The second-order valence-corrected chi connectivity index (χ2v) is 5.00. The predicted octanol–water partition coefficient (Wildman–Crippen LogP) is 2.85. The van der Waals surface area contributed by atoms with E-state index in [1.165, 1.54) is 18.2 Å². The molecule has 4 nitrogen and oxygen atoms in total. The Hall–Kier alpha value is -2.08. The van der Waals surface area contributed by atoms with Gasteiger partial charge in [0.2, 0.25) is 0 Å². The van der Waals surface area contributed by atoms with Crippen molar-refractivity contribution in [2.75, 3.05) is 5.73 Å². The summed E-state index contributed by atoms with van der Waals surface area (Å²) in [7, 11) is 0. The zero-order valence-corrected chi connectivity index (χ0v) is 12.0. The minimum Gasteiger partial charge on any atom is -0.488 e. The minimum atomic E-state index is -0.634. The van der Waals surface area contributed by atoms with Crippen molar-refractivity contribution < 1.29 is 13.9 Å². The van der Waals surface area contributed by atoms with Crippen LogP contribution in [-0.4, -0.2) is 5.91 Å². The van der Waals surface area contributed by atoms with Crippen LogP contribution >= 0.6 is 15.9 Å². The highest BCUT2D eigenvalue weighted by molar-refractivity contribution is 9.10. The fourth-order valence-corrected chi connectivity index (χ4v) is 2.04. The molecule has 0 aliphatic carbocycles. The van der Waals surface area contributed by atoms with Gasteiger partial charge in [0.15, 0.2) is 0 Å². The van der Waals surface area contributed by atoms with Crippen molar-refractivity contribution in [2.45, 2.75) is 6.61 Å². The van der Waals surface area contributed by atoms with Crippen LogP contribution in [0.15, 0.2) is 40.9 Å². The Morgan fingerprint density at radius 3 is 2.70 bits per heavy atom. The van der Waals surface area contributed by atoms with Crippen LogP contribution in [0.2, 0.25) is 0 Å². The van der Waals surface area contributed by atoms with E-state index in [4.69, 9.17) is 16.2 Å². The van der Waals surface area contributed by atoms with E-state index in [1.54, 1.807) is 18.2 Å². The number of rotatable bonds is 4. The first-order chi connectivity index (χ1) is 9.47. The third-order valence-electron chi connectivity index (χ3n) is 2.66. The van der Waals surface area contributed by atoms with Gasteiger partial charge in [0.05, 0.1) is 5.56 Å². The Morgan fingerprint density at radius 2 is 2.00 bits per heavy atom. The van der Waals surface area contributed by atoms with Gasteiger partial charge in [-0.3, -0.25) is 4.79 Å². The molecule has 0 aromatic heterocycles. The van der Waals surface area contributed by atoms with E-state index < -0.39 is 5.91 Å². The molecule has 6 heteroatoms. The molecule has 0 aliphatic heterocycles. The van der Waals surface area contributed by atoms with Crippen molar-refractivity contribution >= 4 is 27.5 Å². The highest BCUT2D eigenvalue weighted by Gasteiger charge is 2.11. The molecule has 4 N–H and O–H groups in total. The quantitative estimate of drug-likeness (QED) is 0.841. The predicted molar refractivity (Wildman–Crippen MR) is 77.8 cm³/mol. The highest BCUT2D eigenvalue weighted by atomic mass is 79.9. The number of halogens is 2. The number of amides is 1. The van der Waals surface area contributed by atoms with E-state index in [-0.39, 0.29) is 18.0 Å². The Kier molecular flexibility index (Phi) is 4.24. The largest absolute Gasteiger partial charge is 0.488 e. The molecule has 0 aliphatic rings. The summed E-state index contributed by atoms with van der Waals surface area (Å²) in [5.41, 5.74) is 12.1. The summed E-state index contributed by atoms with van der Waals surface area (Å²) in [6, 6.07) is 8.88. The Bertz CT molecular complexity index is 662. The van der Waals surface area contributed by atoms with E-state index >= 15 is 0 Å². The number of hydrogen-bond acceptors (Lipinski definition) is 3. The van der Waals surface area contributed by atoms with Crippen LogP contribution in [0.25, 0.3) is 0 Å². The fraction of sp³-hybridized carbons (Fsp3) is 0.0714. The van der Waals surface area contributed by atoms with Crippen LogP contribution in [0.5, 0.6) is 5.75 Å². The maximum atomic E-state index is 13.2. The minimum absolute atomic E-state index is 0.0997. The lowest BCUT2D eigenvalue weighted by atomic mass is 10.1. The smallest absolute Gasteiger partial charge is 0.252 e. The SMILES string of the molecule is NC(=O)c1cc(N)ccc1OCc1cc(F)ccc1Br. The summed E-state index contributed by atoms with van der Waals surface area (Å²) in [5, 5.41) is 0. The van der Waals surface area contributed by atoms with Crippen LogP contribution in [-0.2, 0) is 6.61 Å². The molecule has 0 saturated carbocycles. The van der Waals surface area contributed by atoms with Crippen molar-refractivity contribution in [1.82, 2.24) is 0 Å². The van der Waals surface area contributed by atoms with E-state index in [2.05, 4.69) is 15.9 Å². The molecule has 0 fully saturated rings. The number of benzene rings is 2. The van der Waals surface area contributed by atoms with E-state index in [1.807, 2.05) is 0 Å². The van der Waals surface area contributed by atoms with Gasteiger partial charge in [0, 0.05) is 15.7 Å². The number of primary amides is 1. The summed E-state index contributed by atoms with van der Waals surface area (Å²) in [5.74, 6) is -0.687. The van der Waals surface area contributed by atoms with E-state index in [0.717, 1.165) is 4.47 Å². The summed E-state index contributed by atoms with van der Waals surface area (Å²) >= 11 is 3.30. The first kappa shape index (κ1) is 14.3. The van der Waals surface area contributed by atoms with Gasteiger partial charge >= 0.3 is 0 Å². The molecule has 2 aromatic rings. The maximum absolute atomic E-state index is 13.2. The zero-order chi connectivity index (χ0) is 14.7. The fourth-order valence-electron chi connectivity index (χ4n) is 1.68. The third kappa shape index (κ3) is 3.27. The van der Waals surface area contributed by atoms with Crippen LogP contribution in [0.3, 0.4) is 0 Å². The van der Waals surface area contributed by atoms with Gasteiger partial charge in [0.1, 0.15) is 18.2 Å². The van der Waals surface area contributed by atoms with Crippen molar-refractivity contribution in [3.05, 3.63) is 57.8 Å². The van der Waals surface area contributed by atoms with Crippen molar-refractivity contribution in [1.29, 1.82) is 0 Å². The molecule has 2 aromatic carbocycles. The molecule has 0 bridgehead atoms. The highest BCUT2D eigenvalue weighted by Crippen LogP contribution is 2.24. The number of carbonyl (C=O) groups is 1. The van der Waals surface area contributed by atoms with Gasteiger partial charge in [-0.15, -0.1) is 0 Å². The van der Waals surface area contributed by atoms with E-state index in [0.29, 0.717) is 17.0 Å².